The Bertz CT molecular complexity index is 665. The van der Waals surface area contributed by atoms with Gasteiger partial charge >= 0.3 is 0 Å². The molecule has 4 nitrogen and oxygen atoms in total. The molecule has 110 valence electrons. The van der Waals surface area contributed by atoms with Crippen LogP contribution < -0.4 is 10.6 Å². The Hall–Kier alpha value is -2.01. The zero-order chi connectivity index (χ0) is 15.6. The standard InChI is InChI=1S/C16H20N4S/c1-5-20(13-8-6-10(2)7-9-13)16-14(15(17)21)11(3)12(4)18-19-16/h6-9H,5H2,1-4H3,(H2,17,21). The van der Waals surface area contributed by atoms with Crippen LogP contribution in [0.25, 0.3) is 0 Å². The van der Waals surface area contributed by atoms with Gasteiger partial charge in [0.05, 0.1) is 11.3 Å². The highest BCUT2D eigenvalue weighted by atomic mass is 32.1. The van der Waals surface area contributed by atoms with E-state index >= 15 is 0 Å². The smallest absolute Gasteiger partial charge is 0.166 e. The minimum absolute atomic E-state index is 0.353. The Balaban J connectivity index is 2.60. The number of aromatic nitrogens is 2. The van der Waals surface area contributed by atoms with Crippen molar-refractivity contribution in [1.82, 2.24) is 10.2 Å². The molecule has 0 aliphatic heterocycles. The van der Waals surface area contributed by atoms with E-state index in [0.29, 0.717) is 4.99 Å². The summed E-state index contributed by atoms with van der Waals surface area (Å²) < 4.78 is 0. The topological polar surface area (TPSA) is 55.0 Å². The molecule has 2 N–H and O–H groups in total. The van der Waals surface area contributed by atoms with E-state index in [-0.39, 0.29) is 0 Å². The van der Waals surface area contributed by atoms with Gasteiger partial charge in [0, 0.05) is 12.2 Å². The van der Waals surface area contributed by atoms with E-state index in [9.17, 15) is 0 Å². The number of nitrogens with zero attached hydrogens (tertiary/aromatic N) is 3. The van der Waals surface area contributed by atoms with Gasteiger partial charge in [-0.1, -0.05) is 29.9 Å². The number of nitrogens with two attached hydrogens (primary N) is 1. The summed E-state index contributed by atoms with van der Waals surface area (Å²) in [6.45, 7) is 8.79. The van der Waals surface area contributed by atoms with Gasteiger partial charge in [-0.2, -0.15) is 5.10 Å². The summed E-state index contributed by atoms with van der Waals surface area (Å²) >= 11 is 5.22. The second kappa shape index (κ2) is 6.18. The number of aryl methyl sites for hydroxylation is 2. The molecule has 2 rings (SSSR count). The average molecular weight is 300 g/mol. The van der Waals surface area contributed by atoms with Crippen molar-refractivity contribution in [3.8, 4) is 0 Å². The Morgan fingerprint density at radius 2 is 1.76 bits per heavy atom. The van der Waals surface area contributed by atoms with Crippen molar-refractivity contribution in [3.05, 3.63) is 46.6 Å². The molecule has 0 amide bonds. The van der Waals surface area contributed by atoms with Crippen molar-refractivity contribution in [3.63, 3.8) is 0 Å². The highest BCUT2D eigenvalue weighted by Gasteiger charge is 2.19. The Labute approximate surface area is 131 Å². The second-order valence-electron chi connectivity index (χ2n) is 5.05. The molecule has 0 radical (unpaired) electrons. The van der Waals surface area contributed by atoms with Gasteiger partial charge in [0.1, 0.15) is 4.99 Å². The first kappa shape index (κ1) is 15.4. The van der Waals surface area contributed by atoms with Crippen molar-refractivity contribution in [2.24, 2.45) is 5.73 Å². The first-order chi connectivity index (χ1) is 9.95. The van der Waals surface area contributed by atoms with Gasteiger partial charge < -0.3 is 10.6 Å². The zero-order valence-electron chi connectivity index (χ0n) is 12.8. The maximum absolute atomic E-state index is 5.92. The Morgan fingerprint density at radius 3 is 2.29 bits per heavy atom. The van der Waals surface area contributed by atoms with Gasteiger partial charge in [-0.25, -0.2) is 0 Å². The van der Waals surface area contributed by atoms with Gasteiger partial charge in [0.15, 0.2) is 5.82 Å². The van der Waals surface area contributed by atoms with Crippen LogP contribution in [0, 0.1) is 20.8 Å². The molecule has 2 aromatic rings. The van der Waals surface area contributed by atoms with Crippen LogP contribution in [-0.2, 0) is 0 Å². The molecule has 1 aromatic heterocycles. The van der Waals surface area contributed by atoms with Crippen LogP contribution >= 0.6 is 12.2 Å². The highest BCUT2D eigenvalue weighted by Crippen LogP contribution is 2.28. The van der Waals surface area contributed by atoms with Crippen molar-refractivity contribution >= 4 is 28.7 Å². The number of benzene rings is 1. The fourth-order valence-electron chi connectivity index (χ4n) is 2.26. The number of rotatable bonds is 4. The highest BCUT2D eigenvalue weighted by molar-refractivity contribution is 7.80. The largest absolute Gasteiger partial charge is 0.389 e. The lowest BCUT2D eigenvalue weighted by molar-refractivity contribution is 0.898. The molecule has 0 saturated carbocycles. The summed E-state index contributed by atoms with van der Waals surface area (Å²) in [5.41, 5.74) is 10.8. The lowest BCUT2D eigenvalue weighted by atomic mass is 10.1. The van der Waals surface area contributed by atoms with Gasteiger partial charge in [0.2, 0.25) is 0 Å². The number of hydrogen-bond acceptors (Lipinski definition) is 4. The summed E-state index contributed by atoms with van der Waals surface area (Å²) in [5, 5.41) is 8.57. The van der Waals surface area contributed by atoms with Crippen LogP contribution in [0.2, 0.25) is 0 Å². The number of hydrogen-bond donors (Lipinski definition) is 1. The lowest BCUT2D eigenvalue weighted by Crippen LogP contribution is -2.24. The summed E-state index contributed by atoms with van der Waals surface area (Å²) in [6, 6.07) is 8.29. The van der Waals surface area contributed by atoms with Crippen LogP contribution in [-0.4, -0.2) is 21.7 Å². The van der Waals surface area contributed by atoms with E-state index in [2.05, 4.69) is 53.2 Å². The summed E-state index contributed by atoms with van der Waals surface area (Å²) in [4.78, 5) is 2.43. The van der Waals surface area contributed by atoms with E-state index in [1.165, 1.54) is 5.56 Å². The van der Waals surface area contributed by atoms with Gasteiger partial charge in [-0.15, -0.1) is 5.10 Å². The third-order valence-electron chi connectivity index (χ3n) is 3.60. The van der Waals surface area contributed by atoms with Crippen molar-refractivity contribution < 1.29 is 0 Å². The van der Waals surface area contributed by atoms with Crippen LogP contribution in [0.1, 0.15) is 29.3 Å². The Kier molecular flexibility index (Phi) is 4.53. The summed E-state index contributed by atoms with van der Waals surface area (Å²) in [6.07, 6.45) is 0. The molecular weight excluding hydrogens is 280 g/mol. The maximum atomic E-state index is 5.92. The third kappa shape index (κ3) is 3.03. The molecule has 0 fully saturated rings. The molecule has 0 bridgehead atoms. The van der Waals surface area contributed by atoms with Gasteiger partial charge in [-0.3, -0.25) is 0 Å². The minimum atomic E-state index is 0.353. The summed E-state index contributed by atoms with van der Waals surface area (Å²) in [5.74, 6) is 0.719. The van der Waals surface area contributed by atoms with E-state index < -0.39 is 0 Å². The van der Waals surface area contributed by atoms with Crippen LogP contribution in [0.3, 0.4) is 0 Å². The molecule has 0 spiro atoms. The predicted molar refractivity (Wildman–Crippen MR) is 91.3 cm³/mol. The van der Waals surface area contributed by atoms with Gasteiger partial charge in [0.25, 0.3) is 0 Å². The molecule has 0 saturated heterocycles. The van der Waals surface area contributed by atoms with Gasteiger partial charge in [-0.05, 0) is 45.4 Å². The molecule has 0 aliphatic rings. The molecule has 1 aromatic carbocycles. The van der Waals surface area contributed by atoms with Crippen molar-refractivity contribution in [2.45, 2.75) is 27.7 Å². The molecular formula is C16H20N4S. The van der Waals surface area contributed by atoms with E-state index in [4.69, 9.17) is 18.0 Å². The molecule has 0 atom stereocenters. The number of anilines is 2. The Morgan fingerprint density at radius 1 is 1.14 bits per heavy atom. The monoisotopic (exact) mass is 300 g/mol. The van der Waals surface area contributed by atoms with E-state index in [0.717, 1.165) is 34.9 Å². The first-order valence-corrected chi connectivity index (χ1v) is 7.34. The first-order valence-electron chi connectivity index (χ1n) is 6.93. The quantitative estimate of drug-likeness (QED) is 0.879. The van der Waals surface area contributed by atoms with E-state index in [1.54, 1.807) is 0 Å². The minimum Gasteiger partial charge on any atom is -0.389 e. The fourth-order valence-corrected chi connectivity index (χ4v) is 2.50. The normalized spacial score (nSPS) is 10.5. The molecule has 21 heavy (non-hydrogen) atoms. The lowest BCUT2D eigenvalue weighted by Gasteiger charge is -2.25. The van der Waals surface area contributed by atoms with Crippen LogP contribution in [0.15, 0.2) is 24.3 Å². The average Bonchev–Trinajstić information content (AvgIpc) is 2.45. The SMILES string of the molecule is CCN(c1ccc(C)cc1)c1nnc(C)c(C)c1C(N)=S. The molecule has 0 aliphatic carbocycles. The fraction of sp³-hybridized carbons (Fsp3) is 0.312. The maximum Gasteiger partial charge on any atom is 0.166 e. The number of thiocarbonyl (C=S) groups is 1. The molecule has 0 unspecified atom stereocenters. The van der Waals surface area contributed by atoms with E-state index in [1.807, 2.05) is 13.8 Å². The molecule has 5 heteroatoms. The second-order valence-corrected chi connectivity index (χ2v) is 5.49. The molecule has 1 heterocycles. The van der Waals surface area contributed by atoms with Crippen molar-refractivity contribution in [1.29, 1.82) is 0 Å². The van der Waals surface area contributed by atoms with Crippen molar-refractivity contribution in [2.75, 3.05) is 11.4 Å². The van der Waals surface area contributed by atoms with Crippen LogP contribution in [0.5, 0.6) is 0 Å². The predicted octanol–water partition coefficient (Wildman–Crippen LogP) is 3.19. The summed E-state index contributed by atoms with van der Waals surface area (Å²) in [7, 11) is 0. The van der Waals surface area contributed by atoms with Crippen LogP contribution in [0.4, 0.5) is 11.5 Å². The zero-order valence-corrected chi connectivity index (χ0v) is 13.7. The third-order valence-corrected chi connectivity index (χ3v) is 3.80.